The molecule has 1 amide bonds. The maximum atomic E-state index is 15.2. The van der Waals surface area contributed by atoms with Crippen LogP contribution >= 0.6 is 0 Å². The second-order valence-corrected chi connectivity index (χ2v) is 6.93. The van der Waals surface area contributed by atoms with Crippen LogP contribution in [0.4, 0.5) is 10.1 Å². The van der Waals surface area contributed by atoms with Crippen LogP contribution in [0, 0.1) is 6.92 Å². The Morgan fingerprint density at radius 3 is 2.73 bits per heavy atom. The van der Waals surface area contributed by atoms with E-state index in [0.717, 1.165) is 16.8 Å². The number of halogens is 1. The minimum absolute atomic E-state index is 0.0152. The minimum atomic E-state index is -1.35. The average molecular weight is 352 g/mol. The van der Waals surface area contributed by atoms with E-state index in [2.05, 4.69) is 10.3 Å². The van der Waals surface area contributed by atoms with Crippen molar-refractivity contribution in [3.05, 3.63) is 65.2 Å². The normalized spacial score (nSPS) is 24.6. The smallest absolute Gasteiger partial charge is 0.253 e. The SMILES string of the molecule is Cc1ccc(C(=O)N2CCC3(N=C(N)c4ccccc4N3)C(F)C2)cc1. The van der Waals surface area contributed by atoms with E-state index in [1.807, 2.05) is 43.3 Å². The second kappa shape index (κ2) is 6.12. The van der Waals surface area contributed by atoms with E-state index < -0.39 is 11.8 Å². The van der Waals surface area contributed by atoms with Gasteiger partial charge in [0.15, 0.2) is 11.8 Å². The molecule has 0 bridgehead atoms. The number of amides is 1. The number of hydrogen-bond acceptors (Lipinski definition) is 4. The Kier molecular flexibility index (Phi) is 3.90. The summed E-state index contributed by atoms with van der Waals surface area (Å²) in [6.45, 7) is 2.36. The number of anilines is 1. The number of alkyl halides is 1. The Morgan fingerprint density at radius 1 is 1.27 bits per heavy atom. The first-order valence-corrected chi connectivity index (χ1v) is 8.71. The monoisotopic (exact) mass is 352 g/mol. The topological polar surface area (TPSA) is 70.7 Å². The Labute approximate surface area is 151 Å². The van der Waals surface area contributed by atoms with Crippen molar-refractivity contribution >= 4 is 17.4 Å². The summed E-state index contributed by atoms with van der Waals surface area (Å²) in [7, 11) is 0. The number of carbonyl (C=O) groups excluding carboxylic acids is 1. The molecule has 2 heterocycles. The van der Waals surface area contributed by atoms with Crippen molar-refractivity contribution in [2.45, 2.75) is 25.2 Å². The molecule has 4 rings (SSSR count). The van der Waals surface area contributed by atoms with Crippen molar-refractivity contribution in [3.8, 4) is 0 Å². The molecule has 1 spiro atoms. The van der Waals surface area contributed by atoms with E-state index in [-0.39, 0.29) is 12.5 Å². The van der Waals surface area contributed by atoms with Gasteiger partial charge in [-0.15, -0.1) is 0 Å². The summed E-state index contributed by atoms with van der Waals surface area (Å²) in [5.41, 5.74) is 8.18. The van der Waals surface area contributed by atoms with Crippen molar-refractivity contribution in [3.63, 3.8) is 0 Å². The highest BCUT2D eigenvalue weighted by Crippen LogP contribution is 2.36. The van der Waals surface area contributed by atoms with Gasteiger partial charge in [-0.1, -0.05) is 29.8 Å². The van der Waals surface area contributed by atoms with Gasteiger partial charge < -0.3 is 16.0 Å². The number of nitrogens with zero attached hydrogens (tertiary/aromatic N) is 2. The molecule has 2 aliphatic heterocycles. The number of nitrogens with one attached hydrogen (secondary N) is 1. The van der Waals surface area contributed by atoms with E-state index in [4.69, 9.17) is 5.73 Å². The number of nitrogens with two attached hydrogens (primary N) is 1. The van der Waals surface area contributed by atoms with E-state index in [9.17, 15) is 4.79 Å². The molecule has 0 saturated carbocycles. The molecule has 2 unspecified atom stereocenters. The molecule has 6 heteroatoms. The van der Waals surface area contributed by atoms with Crippen LogP contribution in [0.3, 0.4) is 0 Å². The summed E-state index contributed by atoms with van der Waals surface area (Å²) in [4.78, 5) is 18.7. The molecular weight excluding hydrogens is 331 g/mol. The van der Waals surface area contributed by atoms with Crippen LogP contribution in [0.1, 0.15) is 27.9 Å². The van der Waals surface area contributed by atoms with Crippen molar-refractivity contribution in [1.29, 1.82) is 0 Å². The van der Waals surface area contributed by atoms with Crippen LogP contribution in [0.5, 0.6) is 0 Å². The standard InChI is InChI=1S/C20H21FN4O/c1-13-6-8-14(9-7-13)19(26)25-11-10-20(17(21)12-25)23-16-5-3-2-4-15(16)18(22)24-20/h2-9,17,23H,10-12H2,1H3,(H2,22,24). The summed E-state index contributed by atoms with van der Waals surface area (Å²) in [6.07, 6.45) is -0.988. The highest BCUT2D eigenvalue weighted by molar-refractivity contribution is 6.04. The van der Waals surface area contributed by atoms with Crippen LogP contribution in [0.2, 0.25) is 0 Å². The molecule has 2 aromatic carbocycles. The number of rotatable bonds is 1. The third kappa shape index (κ3) is 2.71. The summed E-state index contributed by atoms with van der Waals surface area (Å²) < 4.78 is 15.2. The van der Waals surface area contributed by atoms with Gasteiger partial charge in [-0.05, 0) is 31.2 Å². The number of benzene rings is 2. The van der Waals surface area contributed by atoms with Crippen LogP contribution in [-0.4, -0.2) is 41.6 Å². The van der Waals surface area contributed by atoms with Gasteiger partial charge in [0.05, 0.1) is 6.54 Å². The number of carbonyl (C=O) groups is 1. The van der Waals surface area contributed by atoms with Gasteiger partial charge in [0.1, 0.15) is 5.84 Å². The maximum Gasteiger partial charge on any atom is 0.253 e. The van der Waals surface area contributed by atoms with Gasteiger partial charge in [0.2, 0.25) is 0 Å². The number of piperidine rings is 1. The maximum absolute atomic E-state index is 15.2. The first-order chi connectivity index (χ1) is 12.5. The van der Waals surface area contributed by atoms with Crippen LogP contribution in [-0.2, 0) is 0 Å². The third-order valence-corrected chi connectivity index (χ3v) is 5.12. The summed E-state index contributed by atoms with van der Waals surface area (Å²) >= 11 is 0. The zero-order valence-electron chi connectivity index (χ0n) is 14.6. The quantitative estimate of drug-likeness (QED) is 0.829. The molecular formula is C20H21FN4O. The number of hydrogen-bond donors (Lipinski definition) is 2. The third-order valence-electron chi connectivity index (χ3n) is 5.12. The number of aryl methyl sites for hydroxylation is 1. The van der Waals surface area contributed by atoms with Gasteiger partial charge in [-0.25, -0.2) is 9.38 Å². The molecule has 0 aliphatic carbocycles. The molecule has 2 aliphatic rings. The molecule has 134 valence electrons. The molecule has 1 fully saturated rings. The molecule has 2 atom stereocenters. The first-order valence-electron chi connectivity index (χ1n) is 8.71. The molecule has 3 N–H and O–H groups in total. The molecule has 26 heavy (non-hydrogen) atoms. The Hall–Kier alpha value is -2.89. The molecule has 2 aromatic rings. The predicted octanol–water partition coefficient (Wildman–Crippen LogP) is 2.71. The van der Waals surface area contributed by atoms with Crippen LogP contribution in [0.25, 0.3) is 0 Å². The van der Waals surface area contributed by atoms with Crippen molar-refractivity contribution in [1.82, 2.24) is 4.90 Å². The fourth-order valence-corrected chi connectivity index (χ4v) is 3.58. The molecule has 1 saturated heterocycles. The summed E-state index contributed by atoms with van der Waals surface area (Å²) in [5.74, 6) is 0.177. The Morgan fingerprint density at radius 2 is 2.00 bits per heavy atom. The zero-order chi connectivity index (χ0) is 18.3. The zero-order valence-corrected chi connectivity index (χ0v) is 14.6. The largest absolute Gasteiger partial charge is 0.383 e. The minimum Gasteiger partial charge on any atom is -0.383 e. The number of aliphatic imine (C=N–C) groups is 1. The lowest BCUT2D eigenvalue weighted by atomic mass is 9.91. The van der Waals surface area contributed by atoms with Crippen molar-refractivity contribution in [2.24, 2.45) is 10.7 Å². The fourth-order valence-electron chi connectivity index (χ4n) is 3.58. The molecule has 5 nitrogen and oxygen atoms in total. The lowest BCUT2D eigenvalue weighted by Crippen LogP contribution is -2.59. The van der Waals surface area contributed by atoms with Crippen LogP contribution in [0.15, 0.2) is 53.5 Å². The Bertz CT molecular complexity index is 880. The number of amidine groups is 1. The second-order valence-electron chi connectivity index (χ2n) is 6.93. The van der Waals surface area contributed by atoms with Crippen LogP contribution < -0.4 is 11.1 Å². The van der Waals surface area contributed by atoms with Crippen molar-refractivity contribution in [2.75, 3.05) is 18.4 Å². The van der Waals surface area contributed by atoms with Gasteiger partial charge in [0.25, 0.3) is 5.91 Å². The number of fused-ring (bicyclic) bond motifs is 1. The fraction of sp³-hybridized carbons (Fsp3) is 0.300. The summed E-state index contributed by atoms with van der Waals surface area (Å²) in [6, 6.07) is 14.8. The first kappa shape index (κ1) is 16.6. The molecule has 0 radical (unpaired) electrons. The van der Waals surface area contributed by atoms with Gasteiger partial charge >= 0.3 is 0 Å². The summed E-state index contributed by atoms with van der Waals surface area (Å²) in [5, 5.41) is 3.22. The average Bonchev–Trinajstić information content (AvgIpc) is 2.64. The van der Waals surface area contributed by atoms with Gasteiger partial charge in [-0.3, -0.25) is 4.79 Å². The van der Waals surface area contributed by atoms with E-state index >= 15 is 4.39 Å². The highest BCUT2D eigenvalue weighted by Gasteiger charge is 2.47. The lowest BCUT2D eigenvalue weighted by Gasteiger charge is -2.44. The molecule has 0 aromatic heterocycles. The van der Waals surface area contributed by atoms with E-state index in [1.54, 1.807) is 17.0 Å². The lowest BCUT2D eigenvalue weighted by molar-refractivity contribution is 0.0494. The highest BCUT2D eigenvalue weighted by atomic mass is 19.1. The number of para-hydroxylation sites is 1. The van der Waals surface area contributed by atoms with Gasteiger partial charge in [-0.2, -0.15) is 0 Å². The van der Waals surface area contributed by atoms with Gasteiger partial charge in [0, 0.05) is 29.8 Å². The number of likely N-dealkylation sites (tertiary alicyclic amines) is 1. The van der Waals surface area contributed by atoms with E-state index in [0.29, 0.717) is 24.4 Å². The Balaban J connectivity index is 1.55. The van der Waals surface area contributed by atoms with E-state index in [1.165, 1.54) is 0 Å². The van der Waals surface area contributed by atoms with Crippen molar-refractivity contribution < 1.29 is 9.18 Å². The predicted molar refractivity (Wildman–Crippen MR) is 100 cm³/mol.